The van der Waals surface area contributed by atoms with E-state index in [-0.39, 0.29) is 16.7 Å². The maximum Gasteiger partial charge on any atom is 0.453 e. The van der Waals surface area contributed by atoms with Gasteiger partial charge in [-0.2, -0.15) is 13.2 Å². The largest absolute Gasteiger partial charge is 0.497 e. The van der Waals surface area contributed by atoms with Gasteiger partial charge in [-0.05, 0) is 24.3 Å². The van der Waals surface area contributed by atoms with Crippen molar-refractivity contribution >= 4 is 11.0 Å². The van der Waals surface area contributed by atoms with Gasteiger partial charge in [-0.25, -0.2) is 4.39 Å². The molecule has 0 radical (unpaired) electrons. The van der Waals surface area contributed by atoms with E-state index in [0.717, 1.165) is 18.2 Å². The van der Waals surface area contributed by atoms with Gasteiger partial charge in [0.2, 0.25) is 11.2 Å². The number of rotatable bonds is 3. The lowest BCUT2D eigenvalue weighted by Crippen LogP contribution is -2.15. The van der Waals surface area contributed by atoms with E-state index in [1.54, 1.807) is 0 Å². The molecule has 130 valence electrons. The molecule has 0 amide bonds. The second-order valence-electron chi connectivity index (χ2n) is 4.98. The molecular formula is C17H10F4O4. The van der Waals surface area contributed by atoms with Crippen LogP contribution in [0.2, 0.25) is 0 Å². The Morgan fingerprint density at radius 2 is 1.80 bits per heavy atom. The first-order valence-corrected chi connectivity index (χ1v) is 6.95. The highest BCUT2D eigenvalue weighted by molar-refractivity contribution is 5.79. The Kier molecular flexibility index (Phi) is 4.12. The minimum atomic E-state index is -5.02. The highest BCUT2D eigenvalue weighted by Gasteiger charge is 2.40. The van der Waals surface area contributed by atoms with Crippen molar-refractivity contribution in [3.8, 4) is 17.2 Å². The van der Waals surface area contributed by atoms with Gasteiger partial charge in [0.15, 0.2) is 11.6 Å². The molecule has 4 nitrogen and oxygen atoms in total. The monoisotopic (exact) mass is 354 g/mol. The number of alkyl halides is 3. The van der Waals surface area contributed by atoms with E-state index in [9.17, 15) is 22.4 Å². The molecule has 0 atom stereocenters. The van der Waals surface area contributed by atoms with Crippen molar-refractivity contribution in [3.05, 3.63) is 64.3 Å². The van der Waals surface area contributed by atoms with Crippen LogP contribution in [-0.4, -0.2) is 7.11 Å². The fourth-order valence-electron chi connectivity index (χ4n) is 2.20. The van der Waals surface area contributed by atoms with Crippen molar-refractivity contribution < 1.29 is 31.5 Å². The molecule has 0 bridgehead atoms. The van der Waals surface area contributed by atoms with Crippen LogP contribution < -0.4 is 14.9 Å². The molecule has 0 fully saturated rings. The standard InChI is InChI=1S/C17H10F4O4/c1-23-9-6-7-10-13(8-9)25-16(17(19,20)21)15(14(10)22)24-12-5-3-2-4-11(12)18/h2-8H,1H3. The van der Waals surface area contributed by atoms with Crippen LogP contribution in [0.4, 0.5) is 17.6 Å². The van der Waals surface area contributed by atoms with Crippen molar-refractivity contribution in [2.45, 2.75) is 6.18 Å². The van der Waals surface area contributed by atoms with Crippen LogP contribution in [0.3, 0.4) is 0 Å². The molecule has 0 N–H and O–H groups in total. The van der Waals surface area contributed by atoms with Crippen molar-refractivity contribution in [2.75, 3.05) is 7.11 Å². The highest BCUT2D eigenvalue weighted by Crippen LogP contribution is 2.38. The number of benzene rings is 2. The van der Waals surface area contributed by atoms with Crippen molar-refractivity contribution in [1.82, 2.24) is 0 Å². The van der Waals surface area contributed by atoms with Gasteiger partial charge in [0.05, 0.1) is 12.5 Å². The number of ether oxygens (including phenoxy) is 2. The quantitative estimate of drug-likeness (QED) is 0.637. The average Bonchev–Trinajstić information content (AvgIpc) is 2.57. The summed E-state index contributed by atoms with van der Waals surface area (Å²) in [7, 11) is 1.32. The van der Waals surface area contributed by atoms with E-state index < -0.39 is 34.7 Å². The number of hydrogen-bond donors (Lipinski definition) is 0. The Morgan fingerprint density at radius 1 is 1.08 bits per heavy atom. The van der Waals surface area contributed by atoms with E-state index in [4.69, 9.17) is 13.9 Å². The molecule has 3 rings (SSSR count). The van der Waals surface area contributed by atoms with E-state index in [1.165, 1.54) is 31.4 Å². The normalized spacial score (nSPS) is 11.6. The molecule has 25 heavy (non-hydrogen) atoms. The van der Waals surface area contributed by atoms with Crippen LogP contribution in [-0.2, 0) is 6.18 Å². The third-order valence-electron chi connectivity index (χ3n) is 3.36. The zero-order valence-corrected chi connectivity index (χ0v) is 12.7. The summed E-state index contributed by atoms with van der Waals surface area (Å²) in [4.78, 5) is 12.5. The molecule has 1 aromatic heterocycles. The molecule has 3 aromatic rings. The fraction of sp³-hybridized carbons (Fsp3) is 0.118. The van der Waals surface area contributed by atoms with E-state index >= 15 is 0 Å². The van der Waals surface area contributed by atoms with Crippen LogP contribution in [0, 0.1) is 5.82 Å². The van der Waals surface area contributed by atoms with Gasteiger partial charge in [0.25, 0.3) is 5.76 Å². The second-order valence-corrected chi connectivity index (χ2v) is 4.98. The van der Waals surface area contributed by atoms with Crippen LogP contribution in [0.15, 0.2) is 51.7 Å². The lowest BCUT2D eigenvalue weighted by Gasteiger charge is -2.13. The third kappa shape index (κ3) is 3.15. The Hall–Kier alpha value is -3.03. The van der Waals surface area contributed by atoms with Gasteiger partial charge in [-0.3, -0.25) is 4.79 Å². The molecule has 0 aliphatic carbocycles. The molecule has 0 saturated carbocycles. The minimum Gasteiger partial charge on any atom is -0.497 e. The Labute approximate surface area is 138 Å². The highest BCUT2D eigenvalue weighted by atomic mass is 19.4. The smallest absolute Gasteiger partial charge is 0.453 e. The zero-order chi connectivity index (χ0) is 18.2. The molecule has 1 heterocycles. The van der Waals surface area contributed by atoms with Crippen LogP contribution in [0.1, 0.15) is 5.76 Å². The number of methoxy groups -OCH3 is 1. The molecule has 2 aromatic carbocycles. The van der Waals surface area contributed by atoms with Crippen molar-refractivity contribution in [2.24, 2.45) is 0 Å². The van der Waals surface area contributed by atoms with Crippen LogP contribution in [0.5, 0.6) is 17.2 Å². The van der Waals surface area contributed by atoms with E-state index in [1.807, 2.05) is 0 Å². The van der Waals surface area contributed by atoms with Crippen LogP contribution >= 0.6 is 0 Å². The van der Waals surface area contributed by atoms with Gasteiger partial charge in [0, 0.05) is 6.07 Å². The topological polar surface area (TPSA) is 48.7 Å². The fourth-order valence-corrected chi connectivity index (χ4v) is 2.20. The molecule has 0 unspecified atom stereocenters. The number of hydrogen-bond acceptors (Lipinski definition) is 4. The number of para-hydroxylation sites is 1. The third-order valence-corrected chi connectivity index (χ3v) is 3.36. The summed E-state index contributed by atoms with van der Waals surface area (Å²) in [5.74, 6) is -4.00. The van der Waals surface area contributed by atoms with Crippen LogP contribution in [0.25, 0.3) is 11.0 Å². The predicted molar refractivity (Wildman–Crippen MR) is 80.5 cm³/mol. The van der Waals surface area contributed by atoms with Gasteiger partial charge >= 0.3 is 6.18 Å². The predicted octanol–water partition coefficient (Wildman–Crippen LogP) is 4.75. The van der Waals surface area contributed by atoms with Crippen molar-refractivity contribution in [1.29, 1.82) is 0 Å². The first kappa shape index (κ1) is 16.8. The summed E-state index contributed by atoms with van der Waals surface area (Å²) in [6, 6.07) is 8.58. The second kappa shape index (κ2) is 6.12. The summed E-state index contributed by atoms with van der Waals surface area (Å²) in [6.07, 6.45) is -5.02. The molecule has 0 spiro atoms. The SMILES string of the molecule is COc1ccc2c(=O)c(Oc3ccccc3F)c(C(F)(F)F)oc2c1. The van der Waals surface area contributed by atoms with Gasteiger partial charge in [-0.1, -0.05) is 12.1 Å². The lowest BCUT2D eigenvalue weighted by atomic mass is 10.2. The summed E-state index contributed by atoms with van der Waals surface area (Å²) >= 11 is 0. The van der Waals surface area contributed by atoms with Gasteiger partial charge in [0.1, 0.15) is 11.3 Å². The number of halogens is 4. The minimum absolute atomic E-state index is 0.153. The zero-order valence-electron chi connectivity index (χ0n) is 12.7. The van der Waals surface area contributed by atoms with E-state index in [0.29, 0.717) is 0 Å². The first-order valence-electron chi connectivity index (χ1n) is 6.95. The lowest BCUT2D eigenvalue weighted by molar-refractivity contribution is -0.154. The Bertz CT molecular complexity index is 992. The molecule has 0 aliphatic rings. The first-order chi connectivity index (χ1) is 11.8. The number of fused-ring (bicyclic) bond motifs is 1. The van der Waals surface area contributed by atoms with E-state index in [2.05, 4.69) is 0 Å². The Balaban J connectivity index is 2.27. The molecule has 8 heteroatoms. The van der Waals surface area contributed by atoms with Gasteiger partial charge < -0.3 is 13.9 Å². The summed E-state index contributed by atoms with van der Waals surface area (Å²) < 4.78 is 68.3. The average molecular weight is 354 g/mol. The van der Waals surface area contributed by atoms with Gasteiger partial charge in [-0.15, -0.1) is 0 Å². The Morgan fingerprint density at radius 3 is 2.44 bits per heavy atom. The van der Waals surface area contributed by atoms with Crippen molar-refractivity contribution in [3.63, 3.8) is 0 Å². The maximum atomic E-state index is 13.7. The maximum absolute atomic E-state index is 13.7. The molecular weight excluding hydrogens is 344 g/mol. The molecule has 0 aliphatic heterocycles. The summed E-state index contributed by atoms with van der Waals surface area (Å²) in [5.41, 5.74) is -1.39. The molecule has 0 saturated heterocycles. The summed E-state index contributed by atoms with van der Waals surface area (Å²) in [5, 5.41) is -0.153. The summed E-state index contributed by atoms with van der Waals surface area (Å²) in [6.45, 7) is 0.